The van der Waals surface area contributed by atoms with Crippen molar-refractivity contribution in [1.82, 2.24) is 0 Å². The quantitative estimate of drug-likeness (QED) is 0.547. The van der Waals surface area contributed by atoms with Gasteiger partial charge in [0.25, 0.3) is 10.0 Å². The van der Waals surface area contributed by atoms with Gasteiger partial charge in [-0.15, -0.1) is 0 Å². The van der Waals surface area contributed by atoms with Crippen LogP contribution in [0, 0.1) is 11.7 Å². The van der Waals surface area contributed by atoms with Gasteiger partial charge in [0.1, 0.15) is 11.6 Å². The molecule has 32 heavy (non-hydrogen) atoms. The summed E-state index contributed by atoms with van der Waals surface area (Å²) in [5.41, 5.74) is -0.667. The Morgan fingerprint density at radius 2 is 1.81 bits per heavy atom. The molecule has 7 nitrogen and oxygen atoms in total. The molecule has 1 aliphatic heterocycles. The maximum absolute atomic E-state index is 13.7. The van der Waals surface area contributed by atoms with E-state index in [-0.39, 0.29) is 10.6 Å². The van der Waals surface area contributed by atoms with Gasteiger partial charge in [-0.3, -0.25) is 4.72 Å². The van der Waals surface area contributed by atoms with Crippen molar-refractivity contribution < 1.29 is 32.2 Å². The van der Waals surface area contributed by atoms with E-state index in [1.807, 2.05) is 0 Å². The summed E-state index contributed by atoms with van der Waals surface area (Å²) in [5, 5.41) is 10.2. The number of carbonyl (C=O) groups is 1. The van der Waals surface area contributed by atoms with Gasteiger partial charge in [-0.2, -0.15) is 0 Å². The number of fused-ring (bicyclic) bond motifs is 1. The van der Waals surface area contributed by atoms with Crippen molar-refractivity contribution in [1.29, 1.82) is 0 Å². The second kappa shape index (κ2) is 9.13. The average molecular weight is 459 g/mol. The number of aromatic carboxylic acids is 1. The molecule has 0 spiro atoms. The number of hydrogen-bond donors (Lipinski definition) is 2. The number of sulfonamides is 1. The minimum atomic E-state index is -4.08. The van der Waals surface area contributed by atoms with E-state index in [0.29, 0.717) is 42.3 Å². The van der Waals surface area contributed by atoms with Crippen molar-refractivity contribution in [3.63, 3.8) is 0 Å². The first kappa shape index (κ1) is 22.0. The van der Waals surface area contributed by atoms with Crippen LogP contribution in [0.1, 0.15) is 23.2 Å². The van der Waals surface area contributed by atoms with E-state index in [2.05, 4.69) is 4.72 Å². The smallest absolute Gasteiger partial charge is 0.338 e. The predicted molar refractivity (Wildman–Crippen MR) is 117 cm³/mol. The number of ether oxygens (including phenoxy) is 2. The van der Waals surface area contributed by atoms with Gasteiger partial charge in [0.15, 0.2) is 0 Å². The van der Waals surface area contributed by atoms with Gasteiger partial charge in [0.2, 0.25) is 0 Å². The van der Waals surface area contributed by atoms with Crippen molar-refractivity contribution in [3.8, 4) is 5.75 Å². The van der Waals surface area contributed by atoms with Crippen LogP contribution in [0.25, 0.3) is 10.8 Å². The molecule has 3 aromatic rings. The molecule has 0 amide bonds. The highest BCUT2D eigenvalue weighted by Gasteiger charge is 2.21. The molecule has 9 heteroatoms. The zero-order valence-corrected chi connectivity index (χ0v) is 17.9. The number of halogens is 1. The van der Waals surface area contributed by atoms with Crippen molar-refractivity contribution in [2.75, 3.05) is 24.5 Å². The van der Waals surface area contributed by atoms with Gasteiger partial charge < -0.3 is 14.6 Å². The first-order chi connectivity index (χ1) is 15.3. The Kier molecular flexibility index (Phi) is 6.29. The van der Waals surface area contributed by atoms with Crippen molar-refractivity contribution in [2.24, 2.45) is 5.92 Å². The Morgan fingerprint density at radius 1 is 1.09 bits per heavy atom. The minimum Gasteiger partial charge on any atom is -0.493 e. The van der Waals surface area contributed by atoms with Crippen molar-refractivity contribution in [3.05, 3.63) is 66.0 Å². The van der Waals surface area contributed by atoms with E-state index < -0.39 is 27.4 Å². The fraction of sp³-hybridized carbons (Fsp3) is 0.261. The molecule has 0 aromatic heterocycles. The molecular weight excluding hydrogens is 437 g/mol. The number of hydrogen-bond acceptors (Lipinski definition) is 5. The largest absolute Gasteiger partial charge is 0.493 e. The summed E-state index contributed by atoms with van der Waals surface area (Å²) in [4.78, 5) is 11.2. The van der Waals surface area contributed by atoms with Crippen LogP contribution in [0.3, 0.4) is 0 Å². The lowest BCUT2D eigenvalue weighted by Crippen LogP contribution is -2.21. The molecule has 168 valence electrons. The third-order valence-corrected chi connectivity index (χ3v) is 6.84. The molecule has 0 saturated carbocycles. The zero-order valence-electron chi connectivity index (χ0n) is 17.1. The van der Waals surface area contributed by atoms with E-state index in [9.17, 15) is 17.6 Å². The zero-order chi connectivity index (χ0) is 22.7. The van der Waals surface area contributed by atoms with E-state index in [0.717, 1.165) is 25.0 Å². The Labute approximate surface area is 184 Å². The van der Waals surface area contributed by atoms with Crippen LogP contribution >= 0.6 is 0 Å². The maximum atomic E-state index is 13.7. The molecule has 0 atom stereocenters. The molecule has 0 unspecified atom stereocenters. The second-order valence-corrected chi connectivity index (χ2v) is 9.23. The summed E-state index contributed by atoms with van der Waals surface area (Å²) in [7, 11) is -4.08. The molecule has 3 aromatic carbocycles. The molecule has 0 aliphatic carbocycles. The van der Waals surface area contributed by atoms with E-state index in [1.165, 1.54) is 12.1 Å². The molecule has 1 aliphatic rings. The second-order valence-electron chi connectivity index (χ2n) is 7.58. The van der Waals surface area contributed by atoms with Crippen LogP contribution in [0.2, 0.25) is 0 Å². The monoisotopic (exact) mass is 459 g/mol. The third kappa shape index (κ3) is 4.68. The van der Waals surface area contributed by atoms with Crippen molar-refractivity contribution >= 4 is 32.5 Å². The fourth-order valence-electron chi connectivity index (χ4n) is 3.69. The Hall–Kier alpha value is -3.17. The number of benzene rings is 3. The molecular formula is C23H22FNO6S. The summed E-state index contributed by atoms with van der Waals surface area (Å²) in [6.45, 7) is 1.94. The molecule has 1 heterocycles. The first-order valence-corrected chi connectivity index (χ1v) is 11.6. The Morgan fingerprint density at radius 3 is 2.53 bits per heavy atom. The van der Waals surface area contributed by atoms with Gasteiger partial charge in [-0.1, -0.05) is 24.3 Å². The van der Waals surface area contributed by atoms with Crippen LogP contribution in [0.15, 0.2) is 59.5 Å². The molecule has 2 N–H and O–H groups in total. The molecule has 1 fully saturated rings. The van der Waals surface area contributed by atoms with Crippen LogP contribution < -0.4 is 9.46 Å². The maximum Gasteiger partial charge on any atom is 0.338 e. The average Bonchev–Trinajstić information content (AvgIpc) is 2.79. The summed E-state index contributed by atoms with van der Waals surface area (Å²) in [5.74, 6) is -1.47. The molecule has 4 rings (SSSR count). The normalized spacial score (nSPS) is 14.9. The predicted octanol–water partition coefficient (Wildman–Crippen LogP) is 4.28. The van der Waals surface area contributed by atoms with Crippen LogP contribution in [0.5, 0.6) is 5.75 Å². The lowest BCUT2D eigenvalue weighted by molar-refractivity contribution is 0.0500. The number of rotatable bonds is 7. The first-order valence-electron chi connectivity index (χ1n) is 10.1. The highest BCUT2D eigenvalue weighted by atomic mass is 32.2. The van der Waals surface area contributed by atoms with Crippen LogP contribution in [-0.2, 0) is 14.8 Å². The summed E-state index contributed by atoms with van der Waals surface area (Å²) in [6.07, 6.45) is 1.84. The van der Waals surface area contributed by atoms with Gasteiger partial charge in [0, 0.05) is 29.7 Å². The summed E-state index contributed by atoms with van der Waals surface area (Å²) < 4.78 is 53.6. The fourth-order valence-corrected chi connectivity index (χ4v) is 4.95. The van der Waals surface area contributed by atoms with Gasteiger partial charge in [0.05, 0.1) is 17.1 Å². The standard InChI is InChI=1S/C23H22FNO6S/c24-20-6-5-16(13-19(20)23(26)27)25-32(28,29)22-8-7-21(17-3-1-2-4-18(17)22)31-14-15-9-11-30-12-10-15/h1-8,13,15,25H,9-12,14H2,(H,26,27). The third-order valence-electron chi connectivity index (χ3n) is 5.40. The highest BCUT2D eigenvalue weighted by molar-refractivity contribution is 7.93. The number of nitrogens with one attached hydrogen (secondary N) is 1. The van der Waals surface area contributed by atoms with E-state index >= 15 is 0 Å². The van der Waals surface area contributed by atoms with Crippen LogP contribution in [0.4, 0.5) is 10.1 Å². The number of carboxylic acids is 1. The lowest BCUT2D eigenvalue weighted by atomic mass is 10.0. The molecule has 1 saturated heterocycles. The van der Waals surface area contributed by atoms with E-state index in [1.54, 1.807) is 30.3 Å². The van der Waals surface area contributed by atoms with Crippen LogP contribution in [-0.4, -0.2) is 39.3 Å². The molecule has 0 bridgehead atoms. The topological polar surface area (TPSA) is 102 Å². The summed E-state index contributed by atoms with van der Waals surface area (Å²) >= 11 is 0. The summed E-state index contributed by atoms with van der Waals surface area (Å²) in [6, 6.07) is 13.1. The SMILES string of the molecule is O=C(O)c1cc(NS(=O)(=O)c2ccc(OCC3CCOCC3)c3ccccc23)ccc1F. The van der Waals surface area contributed by atoms with Gasteiger partial charge in [-0.05, 0) is 49.1 Å². The number of carboxylic acid groups (broad SMARTS) is 1. The minimum absolute atomic E-state index is 0.00714. The van der Waals surface area contributed by atoms with Crippen molar-refractivity contribution in [2.45, 2.75) is 17.7 Å². The highest BCUT2D eigenvalue weighted by Crippen LogP contribution is 2.33. The Bertz CT molecular complexity index is 1250. The number of anilines is 1. The van der Waals surface area contributed by atoms with Gasteiger partial charge in [-0.25, -0.2) is 17.6 Å². The van der Waals surface area contributed by atoms with Gasteiger partial charge >= 0.3 is 5.97 Å². The molecule has 0 radical (unpaired) electrons. The lowest BCUT2D eigenvalue weighted by Gasteiger charge is -2.22. The van der Waals surface area contributed by atoms with E-state index in [4.69, 9.17) is 14.6 Å². The Balaban J connectivity index is 1.64.